The van der Waals surface area contributed by atoms with Crippen molar-refractivity contribution in [1.29, 1.82) is 0 Å². The third-order valence-corrected chi connectivity index (χ3v) is 7.37. The molecule has 1 nitrogen and oxygen atoms in total. The molecule has 0 aliphatic heterocycles. The molecule has 0 amide bonds. The van der Waals surface area contributed by atoms with Gasteiger partial charge in [0, 0.05) is 0 Å². The first-order valence-electron chi connectivity index (χ1n) is 10.0. The van der Waals surface area contributed by atoms with Crippen molar-refractivity contribution < 1.29 is 4.74 Å². The van der Waals surface area contributed by atoms with Crippen LogP contribution in [0.2, 0.25) is 0 Å². The van der Waals surface area contributed by atoms with Crippen molar-refractivity contribution >= 4 is 0 Å². The predicted octanol–water partition coefficient (Wildman–Crippen LogP) is 5.72. The van der Waals surface area contributed by atoms with Crippen LogP contribution in [0, 0.1) is 23.7 Å². The van der Waals surface area contributed by atoms with E-state index in [0.717, 1.165) is 23.7 Å². The predicted molar refractivity (Wildman–Crippen MR) is 87.3 cm³/mol. The molecule has 4 saturated carbocycles. The first-order valence-corrected chi connectivity index (χ1v) is 10.0. The third-order valence-electron chi connectivity index (χ3n) is 7.37. The molecule has 6 unspecified atom stereocenters. The Morgan fingerprint density at radius 2 is 0.857 bits per heavy atom. The Bertz CT molecular complexity index is 307. The van der Waals surface area contributed by atoms with Crippen LogP contribution in [0.3, 0.4) is 0 Å². The van der Waals surface area contributed by atoms with Crippen molar-refractivity contribution in [2.24, 2.45) is 23.7 Å². The minimum atomic E-state index is 0.620. The molecule has 0 spiro atoms. The molecule has 21 heavy (non-hydrogen) atoms. The van der Waals surface area contributed by atoms with Crippen molar-refractivity contribution in [2.75, 3.05) is 0 Å². The number of hydrogen-bond acceptors (Lipinski definition) is 1. The van der Waals surface area contributed by atoms with Crippen LogP contribution in [0.5, 0.6) is 0 Å². The average Bonchev–Trinajstić information content (AvgIpc) is 2.55. The molecule has 120 valence electrons. The number of rotatable bonds is 2. The fourth-order valence-corrected chi connectivity index (χ4v) is 6.18. The maximum absolute atomic E-state index is 6.63. The van der Waals surface area contributed by atoms with E-state index in [0.29, 0.717) is 12.2 Å². The summed E-state index contributed by atoms with van der Waals surface area (Å²) in [4.78, 5) is 0. The number of ether oxygens (including phenoxy) is 1. The summed E-state index contributed by atoms with van der Waals surface area (Å²) in [5, 5.41) is 0. The second kappa shape index (κ2) is 6.60. The highest BCUT2D eigenvalue weighted by atomic mass is 16.5. The van der Waals surface area contributed by atoms with Gasteiger partial charge in [0.15, 0.2) is 0 Å². The van der Waals surface area contributed by atoms with E-state index in [4.69, 9.17) is 4.74 Å². The van der Waals surface area contributed by atoms with Crippen LogP contribution in [0.15, 0.2) is 0 Å². The lowest BCUT2D eigenvalue weighted by Crippen LogP contribution is -2.37. The topological polar surface area (TPSA) is 9.23 Å². The van der Waals surface area contributed by atoms with Gasteiger partial charge in [0.1, 0.15) is 0 Å². The van der Waals surface area contributed by atoms with Gasteiger partial charge in [-0.15, -0.1) is 0 Å². The van der Waals surface area contributed by atoms with Gasteiger partial charge >= 0.3 is 0 Å². The zero-order valence-corrected chi connectivity index (χ0v) is 13.8. The summed E-state index contributed by atoms with van der Waals surface area (Å²) in [6.45, 7) is 0. The molecule has 0 heterocycles. The van der Waals surface area contributed by atoms with Gasteiger partial charge in [-0.25, -0.2) is 0 Å². The highest BCUT2D eigenvalue weighted by Crippen LogP contribution is 2.44. The largest absolute Gasteiger partial charge is 0.375 e. The van der Waals surface area contributed by atoms with Crippen LogP contribution in [0.25, 0.3) is 0 Å². The number of hydrogen-bond donors (Lipinski definition) is 0. The van der Waals surface area contributed by atoms with Crippen LogP contribution in [0.4, 0.5) is 0 Å². The molecule has 0 N–H and O–H groups in total. The van der Waals surface area contributed by atoms with Crippen molar-refractivity contribution in [3.05, 3.63) is 0 Å². The van der Waals surface area contributed by atoms with E-state index >= 15 is 0 Å². The van der Waals surface area contributed by atoms with Gasteiger partial charge in [-0.05, 0) is 62.2 Å². The van der Waals surface area contributed by atoms with E-state index in [1.54, 1.807) is 0 Å². The van der Waals surface area contributed by atoms with Crippen LogP contribution in [0.1, 0.15) is 89.9 Å². The normalized spacial score (nSPS) is 47.4. The van der Waals surface area contributed by atoms with Crippen molar-refractivity contribution in [1.82, 2.24) is 0 Å². The van der Waals surface area contributed by atoms with Crippen molar-refractivity contribution in [3.8, 4) is 0 Å². The Hall–Kier alpha value is -0.0400. The molecule has 4 rings (SSSR count). The summed E-state index contributed by atoms with van der Waals surface area (Å²) < 4.78 is 6.63. The second-order valence-electron chi connectivity index (χ2n) is 8.62. The van der Waals surface area contributed by atoms with E-state index < -0.39 is 0 Å². The van der Waals surface area contributed by atoms with E-state index in [-0.39, 0.29) is 0 Å². The summed E-state index contributed by atoms with van der Waals surface area (Å²) in [5.41, 5.74) is 0. The molecule has 4 aliphatic carbocycles. The second-order valence-corrected chi connectivity index (χ2v) is 8.62. The number of fused-ring (bicyclic) bond motifs is 2. The minimum absolute atomic E-state index is 0.620. The molecule has 4 fully saturated rings. The van der Waals surface area contributed by atoms with Gasteiger partial charge < -0.3 is 4.74 Å². The molecular weight excluding hydrogens is 256 g/mol. The van der Waals surface area contributed by atoms with E-state index in [1.807, 2.05) is 0 Å². The fraction of sp³-hybridized carbons (Fsp3) is 1.00. The monoisotopic (exact) mass is 290 g/mol. The highest BCUT2D eigenvalue weighted by Gasteiger charge is 2.36. The Balaban J connectivity index is 1.28. The first kappa shape index (κ1) is 14.5. The van der Waals surface area contributed by atoms with Gasteiger partial charge in [0.05, 0.1) is 12.2 Å². The Morgan fingerprint density at radius 3 is 1.33 bits per heavy atom. The molecule has 4 aliphatic rings. The van der Waals surface area contributed by atoms with Crippen molar-refractivity contribution in [2.45, 2.75) is 102 Å². The Labute approximate surface area is 131 Å². The van der Waals surface area contributed by atoms with Crippen LogP contribution < -0.4 is 0 Å². The summed E-state index contributed by atoms with van der Waals surface area (Å²) >= 11 is 0. The van der Waals surface area contributed by atoms with Crippen molar-refractivity contribution in [3.63, 3.8) is 0 Å². The lowest BCUT2D eigenvalue weighted by atomic mass is 9.69. The quantitative estimate of drug-likeness (QED) is 0.632. The SMILES string of the molecule is C1CCC2CC(OC3CCC4CCCCC4C3)CCC2C1. The molecule has 0 aromatic carbocycles. The Morgan fingerprint density at radius 1 is 0.429 bits per heavy atom. The van der Waals surface area contributed by atoms with Crippen LogP contribution in [-0.2, 0) is 4.74 Å². The molecule has 0 aromatic heterocycles. The van der Waals surface area contributed by atoms with Gasteiger partial charge in [0.2, 0.25) is 0 Å². The molecule has 0 saturated heterocycles. The lowest BCUT2D eigenvalue weighted by Gasteiger charge is -2.43. The smallest absolute Gasteiger partial charge is 0.0581 e. The van der Waals surface area contributed by atoms with Gasteiger partial charge in [-0.1, -0.05) is 51.4 Å². The van der Waals surface area contributed by atoms with Gasteiger partial charge in [-0.3, -0.25) is 0 Å². The zero-order valence-electron chi connectivity index (χ0n) is 13.8. The summed E-state index contributed by atoms with van der Waals surface area (Å²) in [7, 11) is 0. The molecule has 0 radical (unpaired) electrons. The highest BCUT2D eigenvalue weighted by molar-refractivity contribution is 4.87. The standard InChI is InChI=1S/C20H34O/c1-3-7-17-13-19(11-9-15(17)5-1)21-20-12-10-16-6-2-4-8-18(16)14-20/h15-20H,1-14H2. The average molecular weight is 290 g/mol. The maximum atomic E-state index is 6.63. The van der Waals surface area contributed by atoms with Crippen LogP contribution >= 0.6 is 0 Å². The fourth-order valence-electron chi connectivity index (χ4n) is 6.18. The summed E-state index contributed by atoms with van der Waals surface area (Å²) in [6.07, 6.45) is 21.7. The third kappa shape index (κ3) is 3.33. The zero-order chi connectivity index (χ0) is 14.1. The molecule has 1 heteroatoms. The molecule has 6 atom stereocenters. The Kier molecular flexibility index (Phi) is 4.57. The van der Waals surface area contributed by atoms with E-state index in [2.05, 4.69) is 0 Å². The van der Waals surface area contributed by atoms with Gasteiger partial charge in [0.25, 0.3) is 0 Å². The summed E-state index contributed by atoms with van der Waals surface area (Å²) in [5.74, 6) is 4.16. The maximum Gasteiger partial charge on any atom is 0.0581 e. The lowest BCUT2D eigenvalue weighted by molar-refractivity contribution is -0.0861. The van der Waals surface area contributed by atoms with E-state index in [1.165, 1.54) is 89.9 Å². The molecule has 0 bridgehead atoms. The van der Waals surface area contributed by atoms with Gasteiger partial charge in [-0.2, -0.15) is 0 Å². The molecular formula is C20H34O. The first-order chi connectivity index (χ1) is 10.4. The van der Waals surface area contributed by atoms with E-state index in [9.17, 15) is 0 Å². The minimum Gasteiger partial charge on any atom is -0.375 e. The summed E-state index contributed by atoms with van der Waals surface area (Å²) in [6, 6.07) is 0. The van der Waals surface area contributed by atoms with Crippen LogP contribution in [-0.4, -0.2) is 12.2 Å². The molecule has 0 aromatic rings.